The van der Waals surface area contributed by atoms with Crippen molar-refractivity contribution in [2.45, 2.75) is 39.5 Å². The molecule has 0 bridgehead atoms. The third-order valence-electron chi connectivity index (χ3n) is 3.36. The van der Waals surface area contributed by atoms with Gasteiger partial charge in [0.05, 0.1) is 6.20 Å². The van der Waals surface area contributed by atoms with E-state index in [2.05, 4.69) is 44.8 Å². The first kappa shape index (κ1) is 15.2. The smallest absolute Gasteiger partial charge is 0.151 e. The van der Waals surface area contributed by atoms with E-state index in [0.29, 0.717) is 11.3 Å². The second kappa shape index (κ2) is 6.08. The molecule has 0 saturated carbocycles. The van der Waals surface area contributed by atoms with Crippen LogP contribution in [0.3, 0.4) is 0 Å². The fourth-order valence-corrected chi connectivity index (χ4v) is 2.15. The molecule has 1 heterocycles. The lowest BCUT2D eigenvalue weighted by molar-refractivity contribution is 0.112. The van der Waals surface area contributed by atoms with Gasteiger partial charge in [0.2, 0.25) is 0 Å². The second-order valence-corrected chi connectivity index (χ2v) is 6.11. The molecule has 0 aliphatic carbocycles. The minimum absolute atomic E-state index is 0.0176. The van der Waals surface area contributed by atoms with Gasteiger partial charge in [0, 0.05) is 17.3 Å². The summed E-state index contributed by atoms with van der Waals surface area (Å²) in [5.74, 6) is 1.39. The van der Waals surface area contributed by atoms with Crippen molar-refractivity contribution < 1.29 is 9.53 Å². The number of ether oxygens (including phenoxy) is 1. The first-order valence-electron chi connectivity index (χ1n) is 7.15. The molecular weight excluding hydrogens is 262 g/mol. The molecule has 21 heavy (non-hydrogen) atoms. The molecule has 3 nitrogen and oxygen atoms in total. The number of aromatic nitrogens is 1. The van der Waals surface area contributed by atoms with Crippen LogP contribution in [-0.2, 0) is 11.8 Å². The molecule has 0 radical (unpaired) electrons. The van der Waals surface area contributed by atoms with Crippen LogP contribution >= 0.6 is 0 Å². The lowest BCUT2D eigenvalue weighted by Gasteiger charge is -2.23. The Labute approximate surface area is 126 Å². The number of carbonyl (C=O) groups is 1. The number of hydrogen-bond acceptors (Lipinski definition) is 3. The highest BCUT2D eigenvalue weighted by Gasteiger charge is 2.20. The zero-order chi connectivity index (χ0) is 15.5. The van der Waals surface area contributed by atoms with E-state index in [9.17, 15) is 4.79 Å². The van der Waals surface area contributed by atoms with E-state index in [0.717, 1.165) is 24.0 Å². The SMILES string of the molecule is CCc1ccc(Oc2cncc(C=O)c2)c(C(C)(C)C)c1. The van der Waals surface area contributed by atoms with Crippen LogP contribution < -0.4 is 4.74 Å². The summed E-state index contributed by atoms with van der Waals surface area (Å²) in [4.78, 5) is 14.8. The average Bonchev–Trinajstić information content (AvgIpc) is 2.46. The largest absolute Gasteiger partial charge is 0.455 e. The Balaban J connectivity index is 2.41. The summed E-state index contributed by atoms with van der Waals surface area (Å²) in [6.07, 6.45) is 4.90. The molecule has 0 spiro atoms. The van der Waals surface area contributed by atoms with E-state index in [1.54, 1.807) is 12.3 Å². The number of benzene rings is 1. The zero-order valence-corrected chi connectivity index (χ0v) is 13.0. The van der Waals surface area contributed by atoms with Crippen LogP contribution in [0.15, 0.2) is 36.7 Å². The van der Waals surface area contributed by atoms with E-state index in [1.165, 1.54) is 11.8 Å². The lowest BCUT2D eigenvalue weighted by Crippen LogP contribution is -2.13. The third kappa shape index (κ3) is 3.69. The average molecular weight is 283 g/mol. The van der Waals surface area contributed by atoms with Crippen molar-refractivity contribution in [1.29, 1.82) is 0 Å². The summed E-state index contributed by atoms with van der Waals surface area (Å²) in [7, 11) is 0. The van der Waals surface area contributed by atoms with Crippen molar-refractivity contribution in [2.24, 2.45) is 0 Å². The van der Waals surface area contributed by atoms with Crippen LogP contribution in [0.4, 0.5) is 0 Å². The van der Waals surface area contributed by atoms with E-state index in [4.69, 9.17) is 4.74 Å². The highest BCUT2D eigenvalue weighted by Crippen LogP contribution is 2.35. The number of aryl methyl sites for hydroxylation is 1. The maximum absolute atomic E-state index is 10.8. The molecule has 0 fully saturated rings. The van der Waals surface area contributed by atoms with E-state index in [-0.39, 0.29) is 5.41 Å². The molecule has 0 amide bonds. The molecule has 2 aromatic rings. The monoisotopic (exact) mass is 283 g/mol. The Kier molecular flexibility index (Phi) is 4.41. The zero-order valence-electron chi connectivity index (χ0n) is 13.0. The van der Waals surface area contributed by atoms with E-state index < -0.39 is 0 Å². The number of carbonyl (C=O) groups excluding carboxylic acids is 1. The van der Waals surface area contributed by atoms with Gasteiger partial charge in [-0.05, 0) is 29.5 Å². The number of pyridine rings is 1. The molecule has 0 saturated heterocycles. The molecule has 0 atom stereocenters. The Hall–Kier alpha value is -2.16. The molecule has 0 aliphatic rings. The molecule has 2 rings (SSSR count). The number of nitrogens with zero attached hydrogens (tertiary/aromatic N) is 1. The normalized spacial score (nSPS) is 11.2. The van der Waals surface area contributed by atoms with Gasteiger partial charge in [-0.25, -0.2) is 0 Å². The molecule has 0 aliphatic heterocycles. The fraction of sp³-hybridized carbons (Fsp3) is 0.333. The minimum atomic E-state index is -0.0176. The van der Waals surface area contributed by atoms with E-state index >= 15 is 0 Å². The number of aldehydes is 1. The van der Waals surface area contributed by atoms with Gasteiger partial charge in [-0.15, -0.1) is 0 Å². The van der Waals surface area contributed by atoms with Gasteiger partial charge in [-0.1, -0.05) is 39.8 Å². The highest BCUT2D eigenvalue weighted by atomic mass is 16.5. The Morgan fingerprint density at radius 2 is 1.95 bits per heavy atom. The Bertz CT molecular complexity index is 642. The molecule has 1 aromatic heterocycles. The molecule has 1 aromatic carbocycles. The van der Waals surface area contributed by atoms with Crippen molar-refractivity contribution >= 4 is 6.29 Å². The molecule has 0 unspecified atom stereocenters. The first-order valence-corrected chi connectivity index (χ1v) is 7.15. The van der Waals surface area contributed by atoms with E-state index in [1.807, 2.05) is 6.07 Å². The van der Waals surface area contributed by atoms with Crippen LogP contribution in [0, 0.1) is 0 Å². The second-order valence-electron chi connectivity index (χ2n) is 6.11. The molecule has 3 heteroatoms. The molecular formula is C18H21NO2. The molecule has 110 valence electrons. The summed E-state index contributed by atoms with van der Waals surface area (Å²) in [6.45, 7) is 8.62. The minimum Gasteiger partial charge on any atom is -0.455 e. The fourth-order valence-electron chi connectivity index (χ4n) is 2.15. The predicted molar refractivity (Wildman–Crippen MR) is 84.2 cm³/mol. The van der Waals surface area contributed by atoms with Crippen molar-refractivity contribution in [3.05, 3.63) is 53.3 Å². The predicted octanol–water partition coefficient (Wildman–Crippen LogP) is 4.55. The number of rotatable bonds is 4. The highest BCUT2D eigenvalue weighted by molar-refractivity contribution is 5.74. The lowest BCUT2D eigenvalue weighted by atomic mass is 9.85. The molecule has 0 N–H and O–H groups in total. The Morgan fingerprint density at radius 3 is 2.57 bits per heavy atom. The van der Waals surface area contributed by atoms with Gasteiger partial charge in [0.15, 0.2) is 6.29 Å². The first-order chi connectivity index (χ1) is 9.94. The maximum Gasteiger partial charge on any atom is 0.151 e. The topological polar surface area (TPSA) is 39.2 Å². The van der Waals surface area contributed by atoms with Gasteiger partial charge in [-0.3, -0.25) is 9.78 Å². The maximum atomic E-state index is 10.8. The summed E-state index contributed by atoms with van der Waals surface area (Å²) < 4.78 is 5.96. The van der Waals surface area contributed by atoms with Gasteiger partial charge < -0.3 is 4.74 Å². The van der Waals surface area contributed by atoms with Crippen LogP contribution in [-0.4, -0.2) is 11.3 Å². The van der Waals surface area contributed by atoms with Crippen molar-refractivity contribution in [2.75, 3.05) is 0 Å². The van der Waals surface area contributed by atoms with Crippen LogP contribution in [0.5, 0.6) is 11.5 Å². The van der Waals surface area contributed by atoms with Crippen LogP contribution in [0.1, 0.15) is 49.2 Å². The standard InChI is InChI=1S/C18H21NO2/c1-5-13-6-7-17(16(9-13)18(2,3)4)21-15-8-14(12-20)10-19-11-15/h6-12H,5H2,1-4H3. The van der Waals surface area contributed by atoms with Crippen LogP contribution in [0.2, 0.25) is 0 Å². The summed E-state index contributed by atoms with van der Waals surface area (Å²) >= 11 is 0. The van der Waals surface area contributed by atoms with Gasteiger partial charge >= 0.3 is 0 Å². The van der Waals surface area contributed by atoms with Crippen molar-refractivity contribution in [3.63, 3.8) is 0 Å². The van der Waals surface area contributed by atoms with Crippen molar-refractivity contribution in [1.82, 2.24) is 4.98 Å². The van der Waals surface area contributed by atoms with Gasteiger partial charge in [-0.2, -0.15) is 0 Å². The van der Waals surface area contributed by atoms with Gasteiger partial charge in [0.1, 0.15) is 11.5 Å². The summed E-state index contributed by atoms with van der Waals surface area (Å²) in [5.41, 5.74) is 2.93. The van der Waals surface area contributed by atoms with Crippen LogP contribution in [0.25, 0.3) is 0 Å². The number of hydrogen-bond donors (Lipinski definition) is 0. The van der Waals surface area contributed by atoms with Gasteiger partial charge in [0.25, 0.3) is 0 Å². The summed E-state index contributed by atoms with van der Waals surface area (Å²) in [6, 6.07) is 7.95. The Morgan fingerprint density at radius 1 is 1.19 bits per heavy atom. The summed E-state index contributed by atoms with van der Waals surface area (Å²) in [5, 5.41) is 0. The quantitative estimate of drug-likeness (QED) is 0.773. The third-order valence-corrected chi connectivity index (χ3v) is 3.36. The van der Waals surface area contributed by atoms with Crippen molar-refractivity contribution in [3.8, 4) is 11.5 Å².